The molecule has 0 saturated carbocycles. The summed E-state index contributed by atoms with van der Waals surface area (Å²) in [5.41, 5.74) is -0.185. The summed E-state index contributed by atoms with van der Waals surface area (Å²) in [6.45, 7) is 3.06. The third-order valence-corrected chi connectivity index (χ3v) is 4.39. The smallest absolute Gasteiger partial charge is 0.338 e. The van der Waals surface area contributed by atoms with E-state index in [1.54, 1.807) is 4.90 Å². The van der Waals surface area contributed by atoms with E-state index in [9.17, 15) is 19.7 Å². The number of halogens is 1. The maximum atomic E-state index is 12.0. The molecule has 8 heteroatoms. The van der Waals surface area contributed by atoms with Crippen molar-refractivity contribution < 1.29 is 19.2 Å². The fourth-order valence-corrected chi connectivity index (χ4v) is 2.89. The Morgan fingerprint density at radius 1 is 1.48 bits per heavy atom. The molecule has 124 valence electrons. The summed E-state index contributed by atoms with van der Waals surface area (Å²) in [7, 11) is 0. The van der Waals surface area contributed by atoms with Crippen LogP contribution in [0.4, 0.5) is 5.69 Å². The predicted octanol–water partition coefficient (Wildman–Crippen LogP) is 2.77. The lowest BCUT2D eigenvalue weighted by Crippen LogP contribution is -2.41. The second-order valence-electron chi connectivity index (χ2n) is 5.59. The van der Waals surface area contributed by atoms with Crippen molar-refractivity contribution in [2.24, 2.45) is 5.92 Å². The molecule has 23 heavy (non-hydrogen) atoms. The van der Waals surface area contributed by atoms with Gasteiger partial charge < -0.3 is 9.64 Å². The number of ether oxygens (including phenoxy) is 1. The Morgan fingerprint density at radius 2 is 2.22 bits per heavy atom. The molecule has 1 atom stereocenters. The van der Waals surface area contributed by atoms with E-state index in [0.29, 0.717) is 19.0 Å². The Hall–Kier alpha value is -1.96. The number of amides is 1. The molecule has 0 unspecified atom stereocenters. The zero-order chi connectivity index (χ0) is 17.0. The fourth-order valence-electron chi connectivity index (χ4n) is 2.50. The number of piperidine rings is 1. The normalized spacial score (nSPS) is 17.7. The average Bonchev–Trinajstić information content (AvgIpc) is 2.52. The largest absolute Gasteiger partial charge is 0.452 e. The number of hydrogen-bond donors (Lipinski definition) is 0. The fraction of sp³-hybridized carbons (Fsp3) is 0.467. The lowest BCUT2D eigenvalue weighted by molar-refractivity contribution is -0.385. The van der Waals surface area contributed by atoms with Crippen LogP contribution in [-0.2, 0) is 9.53 Å². The van der Waals surface area contributed by atoms with E-state index in [0.717, 1.165) is 18.9 Å². The summed E-state index contributed by atoms with van der Waals surface area (Å²) >= 11 is 3.05. The molecule has 0 N–H and O–H groups in total. The minimum Gasteiger partial charge on any atom is -0.452 e. The van der Waals surface area contributed by atoms with Crippen molar-refractivity contribution in [3.05, 3.63) is 38.3 Å². The van der Waals surface area contributed by atoms with Crippen molar-refractivity contribution >= 4 is 33.5 Å². The number of hydrogen-bond acceptors (Lipinski definition) is 5. The molecule has 1 aromatic carbocycles. The highest BCUT2D eigenvalue weighted by Crippen LogP contribution is 2.26. The minimum atomic E-state index is -0.751. The molecule has 1 fully saturated rings. The molecule has 2 rings (SSSR count). The topological polar surface area (TPSA) is 89.8 Å². The van der Waals surface area contributed by atoms with E-state index in [2.05, 4.69) is 22.9 Å². The number of nitro groups is 1. The van der Waals surface area contributed by atoms with Crippen molar-refractivity contribution in [3.63, 3.8) is 0 Å². The standard InChI is InChI=1S/C15H17BrN2O5/c1-10-3-2-6-17(8-10)14(19)9-23-15(20)11-4-5-12(16)13(7-11)18(21)22/h4-5,7,10H,2-3,6,8-9H2,1H3/t10-/m1/s1. The van der Waals surface area contributed by atoms with Crippen LogP contribution < -0.4 is 0 Å². The van der Waals surface area contributed by atoms with Crippen LogP contribution in [0, 0.1) is 16.0 Å². The van der Waals surface area contributed by atoms with Gasteiger partial charge in [0.25, 0.3) is 11.6 Å². The number of nitrogens with zero attached hydrogens (tertiary/aromatic N) is 2. The lowest BCUT2D eigenvalue weighted by Gasteiger charge is -2.30. The summed E-state index contributed by atoms with van der Waals surface area (Å²) in [4.78, 5) is 35.9. The van der Waals surface area contributed by atoms with E-state index in [4.69, 9.17) is 4.74 Å². The average molecular weight is 385 g/mol. The SMILES string of the molecule is C[C@@H]1CCCN(C(=O)COC(=O)c2ccc(Br)c([N+](=O)[O-])c2)C1. The molecule has 0 aromatic heterocycles. The highest BCUT2D eigenvalue weighted by atomic mass is 79.9. The van der Waals surface area contributed by atoms with E-state index in [-0.39, 0.29) is 28.2 Å². The summed E-state index contributed by atoms with van der Waals surface area (Å²) in [6.07, 6.45) is 2.03. The molecule has 0 spiro atoms. The van der Waals surface area contributed by atoms with E-state index in [1.165, 1.54) is 12.1 Å². The van der Waals surface area contributed by atoms with Crippen molar-refractivity contribution in [1.82, 2.24) is 4.90 Å². The van der Waals surface area contributed by atoms with Crippen molar-refractivity contribution in [2.75, 3.05) is 19.7 Å². The van der Waals surface area contributed by atoms with Gasteiger partial charge in [0, 0.05) is 19.2 Å². The number of esters is 1. The van der Waals surface area contributed by atoms with Crippen molar-refractivity contribution in [3.8, 4) is 0 Å². The van der Waals surface area contributed by atoms with E-state index < -0.39 is 10.9 Å². The van der Waals surface area contributed by atoms with Gasteiger partial charge in [-0.15, -0.1) is 0 Å². The third kappa shape index (κ3) is 4.51. The first kappa shape index (κ1) is 17.4. The Kier molecular flexibility index (Phi) is 5.70. The molecule has 7 nitrogen and oxygen atoms in total. The maximum Gasteiger partial charge on any atom is 0.338 e. The maximum absolute atomic E-state index is 12.0. The van der Waals surface area contributed by atoms with Crippen molar-refractivity contribution in [1.29, 1.82) is 0 Å². The highest BCUT2D eigenvalue weighted by Gasteiger charge is 2.23. The lowest BCUT2D eigenvalue weighted by atomic mass is 10.0. The first-order valence-electron chi connectivity index (χ1n) is 7.27. The Labute approximate surface area is 141 Å². The molecule has 1 heterocycles. The van der Waals surface area contributed by atoms with Crippen LogP contribution in [-0.4, -0.2) is 41.4 Å². The van der Waals surface area contributed by atoms with Crippen LogP contribution in [0.25, 0.3) is 0 Å². The van der Waals surface area contributed by atoms with Gasteiger partial charge in [0.05, 0.1) is 15.0 Å². The highest BCUT2D eigenvalue weighted by molar-refractivity contribution is 9.10. The second-order valence-corrected chi connectivity index (χ2v) is 6.44. The molecule has 1 aliphatic heterocycles. The van der Waals surface area contributed by atoms with Crippen LogP contribution in [0.5, 0.6) is 0 Å². The van der Waals surface area contributed by atoms with E-state index >= 15 is 0 Å². The van der Waals surface area contributed by atoms with E-state index in [1.807, 2.05) is 0 Å². The molecule has 0 aliphatic carbocycles. The van der Waals surface area contributed by atoms with Gasteiger partial charge in [-0.05, 0) is 46.8 Å². The van der Waals surface area contributed by atoms with Gasteiger partial charge in [-0.25, -0.2) is 4.79 Å². The van der Waals surface area contributed by atoms with Gasteiger partial charge in [0.15, 0.2) is 6.61 Å². The van der Waals surface area contributed by atoms with Gasteiger partial charge in [-0.3, -0.25) is 14.9 Å². The monoisotopic (exact) mass is 384 g/mol. The molecule has 0 radical (unpaired) electrons. The van der Waals surface area contributed by atoms with Crippen LogP contribution in [0.2, 0.25) is 0 Å². The summed E-state index contributed by atoms with van der Waals surface area (Å²) in [5.74, 6) is -0.548. The zero-order valence-electron chi connectivity index (χ0n) is 12.7. The molecule has 1 saturated heterocycles. The van der Waals surface area contributed by atoms with Crippen LogP contribution in [0.15, 0.2) is 22.7 Å². The molecular formula is C15H17BrN2O5. The van der Waals surface area contributed by atoms with Gasteiger partial charge in [0.2, 0.25) is 0 Å². The second kappa shape index (κ2) is 7.54. The molecule has 0 bridgehead atoms. The van der Waals surface area contributed by atoms with Gasteiger partial charge in [-0.1, -0.05) is 6.92 Å². The molecule has 1 aliphatic rings. The molecule has 1 aromatic rings. The van der Waals surface area contributed by atoms with Crippen LogP contribution in [0.1, 0.15) is 30.1 Å². The van der Waals surface area contributed by atoms with Gasteiger partial charge >= 0.3 is 5.97 Å². The Bertz CT molecular complexity index is 634. The number of benzene rings is 1. The third-order valence-electron chi connectivity index (χ3n) is 3.71. The molecule has 1 amide bonds. The van der Waals surface area contributed by atoms with Crippen LogP contribution in [0.3, 0.4) is 0 Å². The molecular weight excluding hydrogens is 368 g/mol. The summed E-state index contributed by atoms with van der Waals surface area (Å²) in [6, 6.07) is 3.94. The minimum absolute atomic E-state index is 0.0414. The quantitative estimate of drug-likeness (QED) is 0.452. The predicted molar refractivity (Wildman–Crippen MR) is 86.1 cm³/mol. The Balaban J connectivity index is 1.95. The van der Waals surface area contributed by atoms with Gasteiger partial charge in [-0.2, -0.15) is 0 Å². The number of carbonyl (C=O) groups excluding carboxylic acids is 2. The first-order valence-corrected chi connectivity index (χ1v) is 8.06. The number of likely N-dealkylation sites (tertiary alicyclic amines) is 1. The number of carbonyl (C=O) groups is 2. The number of nitro benzene ring substituents is 1. The van der Waals surface area contributed by atoms with Gasteiger partial charge in [0.1, 0.15) is 0 Å². The summed E-state index contributed by atoms with van der Waals surface area (Å²) in [5, 5.41) is 10.9. The summed E-state index contributed by atoms with van der Waals surface area (Å²) < 4.78 is 5.26. The van der Waals surface area contributed by atoms with Crippen molar-refractivity contribution in [2.45, 2.75) is 19.8 Å². The Morgan fingerprint density at radius 3 is 2.87 bits per heavy atom. The number of rotatable bonds is 4. The zero-order valence-corrected chi connectivity index (χ0v) is 14.2. The first-order chi connectivity index (χ1) is 10.9. The van der Waals surface area contributed by atoms with Crippen LogP contribution >= 0.6 is 15.9 Å².